The summed E-state index contributed by atoms with van der Waals surface area (Å²) >= 11 is 7.32. The molecule has 4 aromatic heterocycles. The lowest BCUT2D eigenvalue weighted by atomic mass is 9.96. The molecule has 0 spiro atoms. The highest BCUT2D eigenvalue weighted by Gasteiger charge is 2.23. The van der Waals surface area contributed by atoms with E-state index < -0.39 is 0 Å². The van der Waals surface area contributed by atoms with Crippen LogP contribution in [0.3, 0.4) is 0 Å². The molecule has 0 fully saturated rings. The molecule has 0 N–H and O–H groups in total. The number of nitriles is 1. The summed E-state index contributed by atoms with van der Waals surface area (Å²) in [7, 11) is 6.23. The maximum atomic E-state index is 9.47. The molecule has 4 heterocycles. The van der Waals surface area contributed by atoms with Crippen LogP contribution in [0.25, 0.3) is 73.8 Å². The fraction of sp³-hybridized carbons (Fsp3) is 0.0278. The summed E-state index contributed by atoms with van der Waals surface area (Å²) in [4.78, 5) is 0. The van der Waals surface area contributed by atoms with Crippen LogP contribution in [-0.4, -0.2) is 17.0 Å². The summed E-state index contributed by atoms with van der Waals surface area (Å²) < 4.78 is 10.8. The van der Waals surface area contributed by atoms with E-state index in [1.807, 2.05) is 41.7 Å². The summed E-state index contributed by atoms with van der Waals surface area (Å²) in [6.45, 7) is 2.13. The zero-order valence-corrected chi connectivity index (χ0v) is 26.1. The molecule has 0 saturated carbocycles. The van der Waals surface area contributed by atoms with Crippen LogP contribution in [0, 0.1) is 18.3 Å². The molecular weight excluding hydrogens is 629 g/mol. The summed E-state index contributed by atoms with van der Waals surface area (Å²) in [6, 6.07) is 36.5. The summed E-state index contributed by atoms with van der Waals surface area (Å²) in [5.74, 6) is 0. The van der Waals surface area contributed by atoms with E-state index in [4.69, 9.17) is 7.85 Å². The average molecular weight is 648 g/mol. The lowest BCUT2D eigenvalue weighted by Gasteiger charge is -2.10. The predicted octanol–water partition coefficient (Wildman–Crippen LogP) is 10.0. The molecule has 0 atom stereocenters. The zero-order valence-electron chi connectivity index (χ0n) is 22.9. The number of aryl methyl sites for hydroxylation is 1. The second-order valence-electron chi connectivity index (χ2n) is 11.0. The first kappa shape index (κ1) is 25.2. The van der Waals surface area contributed by atoms with E-state index >= 15 is 0 Å². The van der Waals surface area contributed by atoms with Crippen molar-refractivity contribution in [2.45, 2.75) is 6.92 Å². The first-order valence-electron chi connectivity index (χ1n) is 13.9. The van der Waals surface area contributed by atoms with Crippen molar-refractivity contribution < 1.29 is 0 Å². The molecule has 0 aliphatic heterocycles. The topological polar surface area (TPSA) is 33.6 Å². The lowest BCUT2D eigenvalue weighted by molar-refractivity contribution is 1.18. The number of hydrogen-bond donors (Lipinski definition) is 0. The highest BCUT2D eigenvalue weighted by atomic mass is 79.9. The normalized spacial score (nSPS) is 12.0. The minimum atomic E-state index is 0.648. The highest BCUT2D eigenvalue weighted by Crippen LogP contribution is 2.48. The van der Waals surface area contributed by atoms with Crippen molar-refractivity contribution in [2.24, 2.45) is 0 Å². The smallest absolute Gasteiger partial charge is 0.113 e. The molecule has 0 unspecified atom stereocenters. The molecule has 5 aromatic carbocycles. The van der Waals surface area contributed by atoms with E-state index in [2.05, 4.69) is 105 Å². The zero-order chi connectivity index (χ0) is 29.0. The Hall–Kier alpha value is -4.35. The number of benzene rings is 5. The molecule has 0 amide bonds. The number of halogens is 1. The summed E-state index contributed by atoms with van der Waals surface area (Å²) in [5.41, 5.74) is 9.59. The van der Waals surface area contributed by atoms with Gasteiger partial charge in [0.1, 0.15) is 7.85 Å². The predicted molar refractivity (Wildman–Crippen MR) is 188 cm³/mol. The van der Waals surface area contributed by atoms with Crippen molar-refractivity contribution in [2.75, 3.05) is 0 Å². The maximum absolute atomic E-state index is 9.47. The Morgan fingerprint density at radius 1 is 0.651 bits per heavy atom. The van der Waals surface area contributed by atoms with Gasteiger partial charge < -0.3 is 9.13 Å². The first-order chi connectivity index (χ1) is 21.0. The van der Waals surface area contributed by atoms with Crippen molar-refractivity contribution in [3.8, 4) is 17.4 Å². The van der Waals surface area contributed by atoms with Gasteiger partial charge in [-0.2, -0.15) is 5.26 Å². The Morgan fingerprint density at radius 2 is 1.19 bits per heavy atom. The van der Waals surface area contributed by atoms with Gasteiger partial charge in [0.25, 0.3) is 0 Å². The van der Waals surface area contributed by atoms with E-state index in [0.29, 0.717) is 5.56 Å². The van der Waals surface area contributed by atoms with E-state index in [1.165, 1.54) is 62.5 Å². The van der Waals surface area contributed by atoms with E-state index in [0.717, 1.165) is 26.8 Å². The van der Waals surface area contributed by atoms with Crippen molar-refractivity contribution in [3.63, 3.8) is 0 Å². The van der Waals surface area contributed by atoms with Crippen LogP contribution in [0.2, 0.25) is 0 Å². The third kappa shape index (κ3) is 3.58. The van der Waals surface area contributed by atoms with Crippen LogP contribution in [0.15, 0.2) is 102 Å². The Bertz CT molecular complexity index is 2650. The molecule has 43 heavy (non-hydrogen) atoms. The van der Waals surface area contributed by atoms with Crippen LogP contribution >= 0.6 is 38.6 Å². The summed E-state index contributed by atoms with van der Waals surface area (Å²) in [5, 5.41) is 14.3. The molecule has 0 aliphatic rings. The lowest BCUT2D eigenvalue weighted by Crippen LogP contribution is -1.99. The Morgan fingerprint density at radius 3 is 1.77 bits per heavy atom. The van der Waals surface area contributed by atoms with Crippen LogP contribution in [-0.2, 0) is 0 Å². The van der Waals surface area contributed by atoms with Gasteiger partial charge in [-0.25, -0.2) is 0 Å². The van der Waals surface area contributed by atoms with Gasteiger partial charge in [0, 0.05) is 46.8 Å². The molecule has 9 rings (SSSR count). The van der Waals surface area contributed by atoms with Crippen molar-refractivity contribution >= 4 is 114 Å². The molecule has 3 nitrogen and oxygen atoms in total. The molecular formula is C36H19BBrN3S2. The number of aromatic nitrogens is 2. The maximum Gasteiger partial charge on any atom is 0.113 e. The number of rotatable bonds is 2. The van der Waals surface area contributed by atoms with Gasteiger partial charge in [0.15, 0.2) is 0 Å². The second-order valence-corrected chi connectivity index (χ2v) is 14.0. The SMILES string of the molecule is [B]c1ccc2c(c1)sc1c3cc4c(cc3n(-c3ccc(C#N)cc3)c21)c1sc2cc(Br)ccc2c1n4-c1ccc(C)cc1. The van der Waals surface area contributed by atoms with Gasteiger partial charge in [-0.1, -0.05) is 63.4 Å². The van der Waals surface area contributed by atoms with Gasteiger partial charge >= 0.3 is 0 Å². The van der Waals surface area contributed by atoms with Crippen LogP contribution in [0.4, 0.5) is 0 Å². The highest BCUT2D eigenvalue weighted by molar-refractivity contribution is 9.10. The van der Waals surface area contributed by atoms with Crippen LogP contribution in [0.1, 0.15) is 11.1 Å². The van der Waals surface area contributed by atoms with E-state index in [1.54, 1.807) is 11.3 Å². The monoisotopic (exact) mass is 647 g/mol. The quantitative estimate of drug-likeness (QED) is 0.172. The third-order valence-electron chi connectivity index (χ3n) is 8.39. The molecule has 2 radical (unpaired) electrons. The number of nitrogens with zero attached hydrogens (tertiary/aromatic N) is 3. The number of fused-ring (bicyclic) bond motifs is 10. The Labute approximate surface area is 264 Å². The first-order valence-corrected chi connectivity index (χ1v) is 16.3. The third-order valence-corrected chi connectivity index (χ3v) is 11.2. The average Bonchev–Trinajstić information content (AvgIpc) is 3.73. The van der Waals surface area contributed by atoms with Gasteiger partial charge in [0.2, 0.25) is 0 Å². The molecule has 9 aromatic rings. The van der Waals surface area contributed by atoms with Gasteiger partial charge in [0.05, 0.1) is 43.1 Å². The van der Waals surface area contributed by atoms with Crippen LogP contribution < -0.4 is 5.46 Å². The van der Waals surface area contributed by atoms with Gasteiger partial charge in [-0.05, 0) is 67.6 Å². The molecule has 0 saturated heterocycles. The molecule has 7 heteroatoms. The molecule has 0 aliphatic carbocycles. The van der Waals surface area contributed by atoms with E-state index in [9.17, 15) is 5.26 Å². The van der Waals surface area contributed by atoms with Crippen molar-refractivity contribution in [3.05, 3.63) is 113 Å². The Kier molecular flexibility index (Phi) is 5.32. The van der Waals surface area contributed by atoms with Crippen LogP contribution in [0.5, 0.6) is 0 Å². The van der Waals surface area contributed by atoms with Gasteiger partial charge in [-0.15, -0.1) is 22.7 Å². The van der Waals surface area contributed by atoms with Gasteiger partial charge in [-0.3, -0.25) is 0 Å². The molecule has 200 valence electrons. The fourth-order valence-corrected chi connectivity index (χ4v) is 9.46. The minimum Gasteiger partial charge on any atom is -0.308 e. The summed E-state index contributed by atoms with van der Waals surface area (Å²) in [6.07, 6.45) is 0. The Balaban J connectivity index is 1.49. The van der Waals surface area contributed by atoms with Crippen molar-refractivity contribution in [1.29, 1.82) is 5.26 Å². The molecule has 0 bridgehead atoms. The number of hydrogen-bond acceptors (Lipinski definition) is 3. The van der Waals surface area contributed by atoms with E-state index in [-0.39, 0.29) is 0 Å². The van der Waals surface area contributed by atoms with Crippen molar-refractivity contribution in [1.82, 2.24) is 9.13 Å². The number of thiophene rings is 2. The minimum absolute atomic E-state index is 0.648. The largest absolute Gasteiger partial charge is 0.308 e. The fourth-order valence-electron chi connectivity index (χ4n) is 6.43. The second kappa shape index (κ2) is 9.08. The standard InChI is InChI=1S/C36H19BBrN3S2/c1-19-2-8-23(9-3-19)40-29-16-27-30(17-28(29)36-34(40)26-13-7-22(38)15-32(26)43-36)41(24-10-4-20(18-39)5-11-24)33-25-12-6-21(37)14-31(25)42-35(27)33/h2-17H,1H3.